The average molecular weight is 218 g/mol. The molecule has 1 atom stereocenters. The number of hydrogen-bond acceptors (Lipinski definition) is 4. The van der Waals surface area contributed by atoms with Gasteiger partial charge >= 0.3 is 5.97 Å². The molecular weight excluding hydrogens is 204 g/mol. The van der Waals surface area contributed by atoms with Crippen molar-refractivity contribution in [3.8, 4) is 0 Å². The zero-order valence-electron chi connectivity index (χ0n) is 9.14. The van der Waals surface area contributed by atoms with E-state index in [4.69, 9.17) is 4.74 Å². The van der Waals surface area contributed by atoms with Crippen molar-refractivity contribution in [2.24, 2.45) is 5.10 Å². The van der Waals surface area contributed by atoms with Crippen molar-refractivity contribution < 1.29 is 9.53 Å². The summed E-state index contributed by atoms with van der Waals surface area (Å²) in [5.41, 5.74) is 4.55. The summed E-state index contributed by atoms with van der Waals surface area (Å²) >= 11 is 0. The van der Waals surface area contributed by atoms with Crippen LogP contribution in [-0.2, 0) is 9.53 Å². The Bertz CT molecular complexity index is 401. The first-order chi connectivity index (χ1) is 7.81. The summed E-state index contributed by atoms with van der Waals surface area (Å²) in [5, 5.41) is 4.00. The van der Waals surface area contributed by atoms with Crippen LogP contribution in [0.15, 0.2) is 35.4 Å². The lowest BCUT2D eigenvalue weighted by atomic mass is 10.0. The predicted molar refractivity (Wildman–Crippen MR) is 61.0 cm³/mol. The Morgan fingerprint density at radius 3 is 2.94 bits per heavy atom. The maximum atomic E-state index is 11.4. The molecule has 0 bridgehead atoms. The molecule has 0 amide bonds. The number of hydrazone groups is 1. The molecule has 4 nitrogen and oxygen atoms in total. The molecule has 0 spiro atoms. The van der Waals surface area contributed by atoms with E-state index in [0.29, 0.717) is 18.7 Å². The molecule has 1 aromatic carbocycles. The predicted octanol–water partition coefficient (Wildman–Crippen LogP) is 1.64. The van der Waals surface area contributed by atoms with E-state index in [0.717, 1.165) is 5.56 Å². The van der Waals surface area contributed by atoms with Gasteiger partial charge in [-0.1, -0.05) is 30.3 Å². The first kappa shape index (κ1) is 10.7. The number of hydrogen-bond donors (Lipinski definition) is 1. The standard InChI is InChI=1S/C12H14N2O2/c1-2-16-12(15)11-8-10(13-14-11)9-6-4-3-5-7-9/h3-7,10,13H,2,8H2,1H3. The van der Waals surface area contributed by atoms with E-state index in [1.54, 1.807) is 6.92 Å². The molecule has 4 heteroatoms. The van der Waals surface area contributed by atoms with Crippen LogP contribution in [0.25, 0.3) is 0 Å². The maximum absolute atomic E-state index is 11.4. The summed E-state index contributed by atoms with van der Waals surface area (Å²) in [7, 11) is 0. The molecule has 1 N–H and O–H groups in total. The van der Waals surface area contributed by atoms with Gasteiger partial charge in [-0.2, -0.15) is 5.10 Å². The molecule has 0 saturated carbocycles. The van der Waals surface area contributed by atoms with Gasteiger partial charge in [0, 0.05) is 6.42 Å². The van der Waals surface area contributed by atoms with Crippen LogP contribution >= 0.6 is 0 Å². The first-order valence-corrected chi connectivity index (χ1v) is 5.35. The van der Waals surface area contributed by atoms with Crippen molar-refractivity contribution in [3.63, 3.8) is 0 Å². The molecule has 0 aromatic heterocycles. The van der Waals surface area contributed by atoms with Gasteiger partial charge in [-0.05, 0) is 12.5 Å². The zero-order chi connectivity index (χ0) is 11.4. The molecule has 84 valence electrons. The monoisotopic (exact) mass is 218 g/mol. The Hall–Kier alpha value is -1.84. The normalized spacial score (nSPS) is 18.8. The minimum Gasteiger partial charge on any atom is -0.461 e. The molecular formula is C12H14N2O2. The zero-order valence-corrected chi connectivity index (χ0v) is 9.14. The number of carbonyl (C=O) groups excluding carboxylic acids is 1. The number of benzene rings is 1. The molecule has 1 aromatic rings. The Labute approximate surface area is 94.3 Å². The van der Waals surface area contributed by atoms with Gasteiger partial charge < -0.3 is 10.2 Å². The summed E-state index contributed by atoms with van der Waals surface area (Å²) in [6.45, 7) is 2.17. The van der Waals surface area contributed by atoms with E-state index in [-0.39, 0.29) is 12.0 Å². The highest BCUT2D eigenvalue weighted by molar-refractivity contribution is 6.36. The summed E-state index contributed by atoms with van der Waals surface area (Å²) in [6, 6.07) is 10.0. The second kappa shape index (κ2) is 4.79. The third-order valence-electron chi connectivity index (χ3n) is 2.47. The molecule has 16 heavy (non-hydrogen) atoms. The van der Waals surface area contributed by atoms with Crippen molar-refractivity contribution in [3.05, 3.63) is 35.9 Å². The summed E-state index contributed by atoms with van der Waals surface area (Å²) in [6.07, 6.45) is 0.586. The highest BCUT2D eigenvalue weighted by Gasteiger charge is 2.25. The Morgan fingerprint density at radius 1 is 1.50 bits per heavy atom. The van der Waals surface area contributed by atoms with Crippen LogP contribution in [0.3, 0.4) is 0 Å². The molecule has 0 fully saturated rings. The largest absolute Gasteiger partial charge is 0.461 e. The molecule has 1 unspecified atom stereocenters. The van der Waals surface area contributed by atoms with Crippen LogP contribution in [0.4, 0.5) is 0 Å². The van der Waals surface area contributed by atoms with Gasteiger partial charge in [-0.25, -0.2) is 4.79 Å². The van der Waals surface area contributed by atoms with Gasteiger partial charge in [0.25, 0.3) is 0 Å². The topological polar surface area (TPSA) is 50.7 Å². The van der Waals surface area contributed by atoms with Gasteiger partial charge in [0.2, 0.25) is 0 Å². The van der Waals surface area contributed by atoms with E-state index in [2.05, 4.69) is 10.5 Å². The van der Waals surface area contributed by atoms with Crippen molar-refractivity contribution in [2.45, 2.75) is 19.4 Å². The fourth-order valence-corrected chi connectivity index (χ4v) is 1.66. The Kier molecular flexibility index (Phi) is 3.19. The lowest BCUT2D eigenvalue weighted by Gasteiger charge is -2.08. The van der Waals surface area contributed by atoms with Crippen LogP contribution in [-0.4, -0.2) is 18.3 Å². The van der Waals surface area contributed by atoms with Crippen molar-refractivity contribution in [1.82, 2.24) is 5.43 Å². The third kappa shape index (κ3) is 2.21. The molecule has 0 saturated heterocycles. The SMILES string of the molecule is CCOC(=O)C1=NNC(c2ccccc2)C1. The number of ether oxygens (including phenoxy) is 1. The molecule has 1 aliphatic rings. The third-order valence-corrected chi connectivity index (χ3v) is 2.47. The van der Waals surface area contributed by atoms with Crippen LogP contribution in [0.5, 0.6) is 0 Å². The van der Waals surface area contributed by atoms with Crippen LogP contribution in [0.2, 0.25) is 0 Å². The van der Waals surface area contributed by atoms with E-state index < -0.39 is 0 Å². The Balaban J connectivity index is 1.99. The molecule has 0 aliphatic carbocycles. The van der Waals surface area contributed by atoms with Gasteiger partial charge in [0.15, 0.2) is 0 Å². The quantitative estimate of drug-likeness (QED) is 0.785. The summed E-state index contributed by atoms with van der Waals surface area (Å²) in [4.78, 5) is 11.4. The smallest absolute Gasteiger partial charge is 0.354 e. The van der Waals surface area contributed by atoms with Crippen LogP contribution in [0.1, 0.15) is 24.9 Å². The lowest BCUT2D eigenvalue weighted by Crippen LogP contribution is -2.16. The molecule has 1 heterocycles. The van der Waals surface area contributed by atoms with E-state index in [9.17, 15) is 4.79 Å². The fourth-order valence-electron chi connectivity index (χ4n) is 1.66. The number of nitrogens with one attached hydrogen (secondary N) is 1. The highest BCUT2D eigenvalue weighted by atomic mass is 16.5. The van der Waals surface area contributed by atoms with Crippen molar-refractivity contribution >= 4 is 11.7 Å². The number of esters is 1. The molecule has 1 aliphatic heterocycles. The summed E-state index contributed by atoms with van der Waals surface area (Å²) < 4.78 is 4.90. The van der Waals surface area contributed by atoms with E-state index in [1.165, 1.54) is 0 Å². The van der Waals surface area contributed by atoms with Crippen molar-refractivity contribution in [1.29, 1.82) is 0 Å². The number of carbonyl (C=O) groups is 1. The highest BCUT2D eigenvalue weighted by Crippen LogP contribution is 2.21. The number of nitrogens with zero attached hydrogens (tertiary/aromatic N) is 1. The molecule has 0 radical (unpaired) electrons. The van der Waals surface area contributed by atoms with Gasteiger partial charge in [-0.3, -0.25) is 0 Å². The minimum atomic E-state index is -0.326. The second-order valence-electron chi connectivity index (χ2n) is 3.58. The second-order valence-corrected chi connectivity index (χ2v) is 3.58. The van der Waals surface area contributed by atoms with Gasteiger partial charge in [0.05, 0.1) is 12.6 Å². The maximum Gasteiger partial charge on any atom is 0.354 e. The van der Waals surface area contributed by atoms with E-state index in [1.807, 2.05) is 30.3 Å². The van der Waals surface area contributed by atoms with Crippen LogP contribution < -0.4 is 5.43 Å². The van der Waals surface area contributed by atoms with Crippen molar-refractivity contribution in [2.75, 3.05) is 6.61 Å². The van der Waals surface area contributed by atoms with Gasteiger partial charge in [0.1, 0.15) is 5.71 Å². The lowest BCUT2D eigenvalue weighted by molar-refractivity contribution is -0.135. The van der Waals surface area contributed by atoms with E-state index >= 15 is 0 Å². The van der Waals surface area contributed by atoms with Crippen LogP contribution in [0, 0.1) is 0 Å². The Morgan fingerprint density at radius 2 is 2.25 bits per heavy atom. The number of rotatable bonds is 3. The molecule has 2 rings (SSSR count). The minimum absolute atomic E-state index is 0.0839. The average Bonchev–Trinajstić information content (AvgIpc) is 2.80. The fraction of sp³-hybridized carbons (Fsp3) is 0.333. The summed E-state index contributed by atoms with van der Waals surface area (Å²) in [5.74, 6) is -0.326. The first-order valence-electron chi connectivity index (χ1n) is 5.35. The van der Waals surface area contributed by atoms with Gasteiger partial charge in [-0.15, -0.1) is 0 Å².